The summed E-state index contributed by atoms with van der Waals surface area (Å²) >= 11 is 0. The van der Waals surface area contributed by atoms with E-state index in [-0.39, 0.29) is 12.5 Å². The summed E-state index contributed by atoms with van der Waals surface area (Å²) in [6.07, 6.45) is 1.97. The summed E-state index contributed by atoms with van der Waals surface area (Å²) in [5, 5.41) is 9.18. The average molecular weight is 459 g/mol. The molecule has 3 N–H and O–H groups in total. The molecule has 0 saturated heterocycles. The molecule has 0 saturated carbocycles. The third-order valence-electron chi connectivity index (χ3n) is 4.81. The first-order chi connectivity index (χ1) is 16.5. The van der Waals surface area contributed by atoms with Crippen molar-refractivity contribution in [1.29, 1.82) is 0 Å². The Morgan fingerprint density at radius 2 is 1.59 bits per heavy atom. The van der Waals surface area contributed by atoms with E-state index in [1.54, 1.807) is 24.3 Å². The van der Waals surface area contributed by atoms with Gasteiger partial charge < -0.3 is 15.4 Å². The molecule has 3 rings (SSSR count). The number of aryl methyl sites for hydroxylation is 1. The first-order valence-corrected chi connectivity index (χ1v) is 10.8. The van der Waals surface area contributed by atoms with Crippen molar-refractivity contribution in [1.82, 2.24) is 10.7 Å². The van der Waals surface area contributed by atoms with Gasteiger partial charge in [0.1, 0.15) is 5.75 Å². The number of amides is 3. The molecule has 0 heterocycles. The van der Waals surface area contributed by atoms with Crippen LogP contribution in [0.25, 0.3) is 0 Å². The smallest absolute Gasteiger partial charge is 0.329 e. The number of anilines is 1. The number of benzene rings is 3. The largest absolute Gasteiger partial charge is 0.483 e. The highest BCUT2D eigenvalue weighted by Gasteiger charge is 2.12. The van der Waals surface area contributed by atoms with Gasteiger partial charge in [-0.3, -0.25) is 14.4 Å². The fourth-order valence-corrected chi connectivity index (χ4v) is 3.02. The van der Waals surface area contributed by atoms with Crippen LogP contribution < -0.4 is 20.8 Å². The van der Waals surface area contributed by atoms with Gasteiger partial charge in [-0.15, -0.1) is 0 Å². The third-order valence-corrected chi connectivity index (χ3v) is 4.81. The normalized spacial score (nSPS) is 10.5. The van der Waals surface area contributed by atoms with E-state index in [0.29, 0.717) is 24.3 Å². The number of hydrogen-bond donors (Lipinski definition) is 3. The van der Waals surface area contributed by atoms with Crippen LogP contribution in [0.15, 0.2) is 84.0 Å². The van der Waals surface area contributed by atoms with Crippen LogP contribution in [0.5, 0.6) is 5.75 Å². The highest BCUT2D eigenvalue weighted by molar-refractivity contribution is 6.35. The monoisotopic (exact) mass is 458 g/mol. The fraction of sp³-hybridized carbons (Fsp3) is 0.154. The number of ether oxygens (including phenoxy) is 1. The first kappa shape index (κ1) is 24.2. The summed E-state index contributed by atoms with van der Waals surface area (Å²) in [4.78, 5) is 36.1. The lowest BCUT2D eigenvalue weighted by atomic mass is 10.1. The van der Waals surface area contributed by atoms with E-state index in [0.717, 1.165) is 16.8 Å². The van der Waals surface area contributed by atoms with Crippen molar-refractivity contribution in [2.45, 2.75) is 13.3 Å². The molecule has 3 aromatic rings. The third kappa shape index (κ3) is 7.59. The van der Waals surface area contributed by atoms with Gasteiger partial charge in [-0.05, 0) is 42.7 Å². The molecule has 3 aromatic carbocycles. The predicted molar refractivity (Wildman–Crippen MR) is 131 cm³/mol. The van der Waals surface area contributed by atoms with Gasteiger partial charge in [-0.2, -0.15) is 5.10 Å². The molecule has 174 valence electrons. The summed E-state index contributed by atoms with van der Waals surface area (Å²) in [5.74, 6) is -1.54. The highest BCUT2D eigenvalue weighted by Crippen LogP contribution is 2.17. The molecule has 0 bridgehead atoms. The molecular weight excluding hydrogens is 432 g/mol. The van der Waals surface area contributed by atoms with Crippen molar-refractivity contribution in [2.75, 3.05) is 18.5 Å². The minimum Gasteiger partial charge on any atom is -0.483 e. The first-order valence-electron chi connectivity index (χ1n) is 10.8. The maximum atomic E-state index is 12.2. The molecule has 0 atom stereocenters. The Kier molecular flexibility index (Phi) is 8.92. The van der Waals surface area contributed by atoms with Crippen LogP contribution in [0.3, 0.4) is 0 Å². The minimum absolute atomic E-state index is 0.199. The molecule has 0 radical (unpaired) electrons. The van der Waals surface area contributed by atoms with Gasteiger partial charge in [-0.1, -0.05) is 60.7 Å². The number of hydrazone groups is 1. The Morgan fingerprint density at radius 1 is 0.882 bits per heavy atom. The number of hydrogen-bond acceptors (Lipinski definition) is 5. The van der Waals surface area contributed by atoms with Crippen molar-refractivity contribution in [3.8, 4) is 5.75 Å². The van der Waals surface area contributed by atoms with E-state index in [9.17, 15) is 14.4 Å². The average Bonchev–Trinajstić information content (AvgIpc) is 2.85. The number of nitrogens with one attached hydrogen (secondary N) is 3. The summed E-state index contributed by atoms with van der Waals surface area (Å²) in [6, 6.07) is 24.0. The molecule has 34 heavy (non-hydrogen) atoms. The molecule has 0 aromatic heterocycles. The van der Waals surface area contributed by atoms with E-state index in [1.165, 1.54) is 6.21 Å². The topological polar surface area (TPSA) is 109 Å². The molecule has 0 aliphatic rings. The van der Waals surface area contributed by atoms with Gasteiger partial charge in [0.25, 0.3) is 5.91 Å². The van der Waals surface area contributed by atoms with Gasteiger partial charge in [0.05, 0.1) is 6.21 Å². The van der Waals surface area contributed by atoms with Gasteiger partial charge in [0.15, 0.2) is 6.61 Å². The molecule has 0 unspecified atom stereocenters. The minimum atomic E-state index is -0.875. The molecule has 3 amide bonds. The van der Waals surface area contributed by atoms with Crippen LogP contribution in [0.2, 0.25) is 0 Å². The zero-order valence-corrected chi connectivity index (χ0v) is 18.8. The van der Waals surface area contributed by atoms with Crippen molar-refractivity contribution < 1.29 is 19.1 Å². The second-order valence-corrected chi connectivity index (χ2v) is 7.38. The molecule has 8 heteroatoms. The van der Waals surface area contributed by atoms with Gasteiger partial charge in [0, 0.05) is 17.8 Å². The van der Waals surface area contributed by atoms with E-state index in [1.807, 2.05) is 61.5 Å². The van der Waals surface area contributed by atoms with E-state index in [4.69, 9.17) is 4.74 Å². The number of para-hydroxylation sites is 2. The van der Waals surface area contributed by atoms with E-state index in [2.05, 4.69) is 21.2 Å². The van der Waals surface area contributed by atoms with Crippen LogP contribution in [0.1, 0.15) is 16.7 Å². The summed E-state index contributed by atoms with van der Waals surface area (Å²) in [6.45, 7) is 2.04. The zero-order valence-electron chi connectivity index (χ0n) is 18.8. The maximum Gasteiger partial charge on any atom is 0.329 e. The molecule has 0 aliphatic heterocycles. The van der Waals surface area contributed by atoms with Gasteiger partial charge in [-0.25, -0.2) is 5.43 Å². The van der Waals surface area contributed by atoms with Crippen LogP contribution in [0, 0.1) is 6.92 Å². The number of carbonyl (C=O) groups excluding carboxylic acids is 3. The highest BCUT2D eigenvalue weighted by atomic mass is 16.5. The molecule has 0 fully saturated rings. The van der Waals surface area contributed by atoms with Gasteiger partial charge in [0.2, 0.25) is 0 Å². The number of rotatable bonds is 9. The fourth-order valence-electron chi connectivity index (χ4n) is 3.02. The van der Waals surface area contributed by atoms with Crippen molar-refractivity contribution >= 4 is 29.6 Å². The van der Waals surface area contributed by atoms with Gasteiger partial charge >= 0.3 is 11.8 Å². The van der Waals surface area contributed by atoms with Crippen LogP contribution in [-0.2, 0) is 20.8 Å². The SMILES string of the molecule is Cc1ccccc1NC(=O)COc1ccccc1/C=N\NC(=O)C(=O)NCCc1ccccc1. The predicted octanol–water partition coefficient (Wildman–Crippen LogP) is 2.82. The molecule has 0 spiro atoms. The summed E-state index contributed by atoms with van der Waals surface area (Å²) in [7, 11) is 0. The number of nitrogens with zero attached hydrogens (tertiary/aromatic N) is 1. The lowest BCUT2D eigenvalue weighted by Crippen LogP contribution is -2.38. The summed E-state index contributed by atoms with van der Waals surface area (Å²) in [5.41, 5.74) is 5.46. The van der Waals surface area contributed by atoms with Crippen LogP contribution >= 0.6 is 0 Å². The zero-order chi connectivity index (χ0) is 24.2. The summed E-state index contributed by atoms with van der Waals surface area (Å²) < 4.78 is 5.62. The Morgan fingerprint density at radius 3 is 2.38 bits per heavy atom. The molecule has 0 aliphatic carbocycles. The van der Waals surface area contributed by atoms with Crippen molar-refractivity contribution in [2.24, 2.45) is 5.10 Å². The van der Waals surface area contributed by atoms with Crippen LogP contribution in [-0.4, -0.2) is 37.1 Å². The Labute approximate surface area is 198 Å². The Hall–Kier alpha value is -4.46. The quantitative estimate of drug-likeness (QED) is 0.260. The number of carbonyl (C=O) groups is 3. The Bertz CT molecular complexity index is 1160. The van der Waals surface area contributed by atoms with E-state index >= 15 is 0 Å². The van der Waals surface area contributed by atoms with Crippen molar-refractivity contribution in [3.63, 3.8) is 0 Å². The molecular formula is C26H26N4O4. The van der Waals surface area contributed by atoms with E-state index < -0.39 is 11.8 Å². The lowest BCUT2D eigenvalue weighted by molar-refractivity contribution is -0.139. The second kappa shape index (κ2) is 12.5. The second-order valence-electron chi connectivity index (χ2n) is 7.38. The standard InChI is InChI=1S/C26H26N4O4/c1-19-9-5-7-13-22(19)29-24(31)18-34-23-14-8-6-12-21(23)17-28-30-26(33)25(32)27-16-15-20-10-3-2-4-11-20/h2-14,17H,15-16,18H2,1H3,(H,27,32)(H,29,31)(H,30,33)/b28-17-. The van der Waals surface area contributed by atoms with Crippen molar-refractivity contribution in [3.05, 3.63) is 95.6 Å². The maximum absolute atomic E-state index is 12.2. The van der Waals surface area contributed by atoms with Crippen LogP contribution in [0.4, 0.5) is 5.69 Å². The Balaban J connectivity index is 1.46. The lowest BCUT2D eigenvalue weighted by Gasteiger charge is -2.11. The molecule has 8 nitrogen and oxygen atoms in total.